The maximum Gasteiger partial charge on any atom is 0.214 e. The molecule has 2 aromatic carbocycles. The predicted octanol–water partition coefficient (Wildman–Crippen LogP) is 3.46. The van der Waals surface area contributed by atoms with E-state index in [1.54, 1.807) is 16.7 Å². The van der Waals surface area contributed by atoms with E-state index in [2.05, 4.69) is 24.3 Å². The first-order chi connectivity index (χ1) is 8.88. The fourth-order valence-electron chi connectivity index (χ4n) is 2.19. The van der Waals surface area contributed by atoms with Gasteiger partial charge in [-0.3, -0.25) is 4.79 Å². The molecule has 1 amide bonds. The molecule has 90 valence electrons. The van der Waals surface area contributed by atoms with Gasteiger partial charge >= 0.3 is 0 Å². The molecular weight excluding hydrogens is 242 g/mol. The number of benzene rings is 2. The lowest BCUT2D eigenvalue weighted by Gasteiger charge is -2.24. The van der Waals surface area contributed by atoms with Crippen molar-refractivity contribution in [3.8, 4) is 0 Å². The maximum absolute atomic E-state index is 11.3. The van der Waals surface area contributed by atoms with E-state index in [9.17, 15) is 4.79 Å². The van der Waals surface area contributed by atoms with Crippen LogP contribution in [-0.4, -0.2) is 6.41 Å². The Morgan fingerprint density at radius 1 is 1.00 bits per heavy atom. The molecule has 0 saturated carbocycles. The van der Waals surface area contributed by atoms with Gasteiger partial charge in [-0.1, -0.05) is 36.4 Å². The summed E-state index contributed by atoms with van der Waals surface area (Å²) >= 11 is 1.78. The Morgan fingerprint density at radius 3 is 2.56 bits per heavy atom. The summed E-state index contributed by atoms with van der Waals surface area (Å²) < 4.78 is 0. The summed E-state index contributed by atoms with van der Waals surface area (Å²) in [6, 6.07) is 16.4. The van der Waals surface area contributed by atoms with Crippen LogP contribution in [0.1, 0.15) is 11.1 Å². The van der Waals surface area contributed by atoms with Crippen LogP contribution in [-0.2, 0) is 17.1 Å². The van der Waals surface area contributed by atoms with Crippen molar-refractivity contribution >= 4 is 23.9 Å². The van der Waals surface area contributed by atoms with Gasteiger partial charge in [0, 0.05) is 10.6 Å². The fraction of sp³-hybridized carbons (Fsp3) is 0.133. The number of anilines is 1. The molecule has 0 fully saturated rings. The normalized spacial score (nSPS) is 14.1. The standard InChI is InChI=1S/C15H13NOS/c17-11-16-9-12-5-1-2-6-13(12)10-18-15-8-4-3-7-14(15)16/h1-8,11H,9-10H2. The van der Waals surface area contributed by atoms with Crippen LogP contribution >= 0.6 is 11.8 Å². The van der Waals surface area contributed by atoms with Crippen molar-refractivity contribution in [1.82, 2.24) is 0 Å². The van der Waals surface area contributed by atoms with Gasteiger partial charge in [0.15, 0.2) is 0 Å². The number of thioether (sulfide) groups is 1. The van der Waals surface area contributed by atoms with Gasteiger partial charge in [-0.25, -0.2) is 0 Å². The highest BCUT2D eigenvalue weighted by molar-refractivity contribution is 7.98. The van der Waals surface area contributed by atoms with E-state index in [0.717, 1.165) is 17.9 Å². The van der Waals surface area contributed by atoms with Crippen LogP contribution in [0.3, 0.4) is 0 Å². The van der Waals surface area contributed by atoms with Crippen LogP contribution in [0.2, 0.25) is 0 Å². The Morgan fingerprint density at radius 2 is 1.72 bits per heavy atom. The van der Waals surface area contributed by atoms with Gasteiger partial charge < -0.3 is 4.90 Å². The molecule has 0 bridgehead atoms. The van der Waals surface area contributed by atoms with E-state index < -0.39 is 0 Å². The summed E-state index contributed by atoms with van der Waals surface area (Å²) in [6.45, 7) is 0.650. The Labute approximate surface area is 111 Å². The zero-order chi connectivity index (χ0) is 12.4. The molecule has 0 aliphatic carbocycles. The van der Waals surface area contributed by atoms with Crippen molar-refractivity contribution in [2.45, 2.75) is 17.2 Å². The van der Waals surface area contributed by atoms with Gasteiger partial charge in [0.05, 0.1) is 12.2 Å². The Kier molecular flexibility index (Phi) is 3.07. The largest absolute Gasteiger partial charge is 0.309 e. The van der Waals surface area contributed by atoms with Crippen molar-refractivity contribution in [1.29, 1.82) is 0 Å². The fourth-order valence-corrected chi connectivity index (χ4v) is 3.29. The zero-order valence-electron chi connectivity index (χ0n) is 9.87. The van der Waals surface area contributed by atoms with Gasteiger partial charge in [0.2, 0.25) is 6.41 Å². The van der Waals surface area contributed by atoms with E-state index >= 15 is 0 Å². The molecule has 1 heterocycles. The van der Waals surface area contributed by atoms with Gasteiger partial charge in [-0.2, -0.15) is 0 Å². The zero-order valence-corrected chi connectivity index (χ0v) is 10.7. The molecule has 0 unspecified atom stereocenters. The highest BCUT2D eigenvalue weighted by atomic mass is 32.2. The highest BCUT2D eigenvalue weighted by Crippen LogP contribution is 2.35. The number of rotatable bonds is 1. The minimum atomic E-state index is 0.650. The van der Waals surface area contributed by atoms with Crippen LogP contribution in [0.4, 0.5) is 5.69 Å². The van der Waals surface area contributed by atoms with Crippen molar-refractivity contribution in [3.63, 3.8) is 0 Å². The lowest BCUT2D eigenvalue weighted by molar-refractivity contribution is -0.107. The molecule has 0 aromatic heterocycles. The number of carbonyl (C=O) groups is 1. The van der Waals surface area contributed by atoms with Gasteiger partial charge in [0.25, 0.3) is 0 Å². The van der Waals surface area contributed by atoms with Gasteiger partial charge in [-0.15, -0.1) is 11.8 Å². The summed E-state index contributed by atoms with van der Waals surface area (Å²) in [5, 5.41) is 0. The van der Waals surface area contributed by atoms with Crippen LogP contribution in [0.15, 0.2) is 53.4 Å². The van der Waals surface area contributed by atoms with Crippen molar-refractivity contribution in [2.24, 2.45) is 0 Å². The molecule has 1 aliphatic rings. The SMILES string of the molecule is O=CN1Cc2ccccc2CSc2ccccc21. The van der Waals surface area contributed by atoms with E-state index in [1.165, 1.54) is 16.0 Å². The number of fused-ring (bicyclic) bond motifs is 2. The molecule has 0 N–H and O–H groups in total. The summed E-state index contributed by atoms with van der Waals surface area (Å²) in [4.78, 5) is 14.3. The number of amides is 1. The van der Waals surface area contributed by atoms with E-state index in [1.807, 2.05) is 24.3 Å². The van der Waals surface area contributed by atoms with Crippen LogP contribution in [0.5, 0.6) is 0 Å². The molecule has 0 radical (unpaired) electrons. The quantitative estimate of drug-likeness (QED) is 0.727. The molecule has 2 aromatic rings. The highest BCUT2D eigenvalue weighted by Gasteiger charge is 2.16. The summed E-state index contributed by atoms with van der Waals surface area (Å²) in [5.74, 6) is 0.958. The third kappa shape index (κ3) is 2.02. The molecule has 0 saturated heterocycles. The van der Waals surface area contributed by atoms with Crippen molar-refractivity contribution in [3.05, 3.63) is 59.7 Å². The Balaban J connectivity index is 2.07. The minimum Gasteiger partial charge on any atom is -0.309 e. The topological polar surface area (TPSA) is 20.3 Å². The van der Waals surface area contributed by atoms with E-state index in [4.69, 9.17) is 0 Å². The first-order valence-electron chi connectivity index (χ1n) is 5.89. The molecule has 2 nitrogen and oxygen atoms in total. The lowest BCUT2D eigenvalue weighted by Crippen LogP contribution is -2.22. The molecule has 3 rings (SSSR count). The van der Waals surface area contributed by atoms with Crippen LogP contribution in [0.25, 0.3) is 0 Å². The predicted molar refractivity (Wildman–Crippen MR) is 74.7 cm³/mol. The van der Waals surface area contributed by atoms with Crippen LogP contribution < -0.4 is 4.90 Å². The van der Waals surface area contributed by atoms with E-state index in [0.29, 0.717) is 6.54 Å². The molecule has 1 aliphatic heterocycles. The Hall–Kier alpha value is -1.74. The first-order valence-corrected chi connectivity index (χ1v) is 6.87. The number of nitrogens with zero attached hydrogens (tertiary/aromatic N) is 1. The summed E-state index contributed by atoms with van der Waals surface area (Å²) in [6.07, 6.45) is 0.918. The van der Waals surface area contributed by atoms with Gasteiger partial charge in [0.1, 0.15) is 0 Å². The Bertz CT molecular complexity index is 582. The number of para-hydroxylation sites is 1. The number of hydrogen-bond acceptors (Lipinski definition) is 2. The molecular formula is C15H13NOS. The minimum absolute atomic E-state index is 0.650. The third-order valence-electron chi connectivity index (χ3n) is 3.14. The smallest absolute Gasteiger partial charge is 0.214 e. The average molecular weight is 255 g/mol. The molecule has 18 heavy (non-hydrogen) atoms. The third-order valence-corrected chi connectivity index (χ3v) is 4.26. The van der Waals surface area contributed by atoms with E-state index in [-0.39, 0.29) is 0 Å². The molecule has 0 spiro atoms. The maximum atomic E-state index is 11.3. The van der Waals surface area contributed by atoms with Gasteiger partial charge in [-0.05, 0) is 23.3 Å². The lowest BCUT2D eigenvalue weighted by atomic mass is 10.1. The number of carbonyl (C=O) groups excluding carboxylic acids is 1. The molecule has 3 heteroatoms. The summed E-state index contributed by atoms with van der Waals surface area (Å²) in [7, 11) is 0. The second-order valence-corrected chi connectivity index (χ2v) is 5.28. The summed E-state index contributed by atoms with van der Waals surface area (Å²) in [5.41, 5.74) is 3.54. The number of hydrogen-bond donors (Lipinski definition) is 0. The second-order valence-electron chi connectivity index (χ2n) is 4.26. The van der Waals surface area contributed by atoms with Crippen LogP contribution in [0, 0.1) is 0 Å². The molecule has 0 atom stereocenters. The average Bonchev–Trinajstić information content (AvgIpc) is 2.41. The second kappa shape index (κ2) is 4.86. The van der Waals surface area contributed by atoms with Crippen molar-refractivity contribution in [2.75, 3.05) is 4.90 Å². The first kappa shape index (κ1) is 11.4. The van der Waals surface area contributed by atoms with Crippen molar-refractivity contribution < 1.29 is 4.79 Å². The monoisotopic (exact) mass is 255 g/mol.